The summed E-state index contributed by atoms with van der Waals surface area (Å²) in [6.45, 7) is 9.70. The lowest BCUT2D eigenvalue weighted by atomic mass is 9.79. The summed E-state index contributed by atoms with van der Waals surface area (Å²) in [6, 6.07) is 0. The number of hydrogen-bond acceptors (Lipinski definition) is 2. The van der Waals surface area contributed by atoms with Crippen LogP contribution in [-0.4, -0.2) is 16.9 Å². The molecule has 0 aliphatic rings. The molecule has 0 aliphatic heterocycles. The molecule has 0 aliphatic carbocycles. The van der Waals surface area contributed by atoms with Gasteiger partial charge in [-0.2, -0.15) is 0 Å². The van der Waals surface area contributed by atoms with E-state index in [0.717, 1.165) is 51.4 Å². The number of allylic oxidation sites excluding steroid dienone is 2. The molecule has 0 saturated heterocycles. The maximum Gasteiger partial charge on any atom is 0.309 e. The number of carboxylic acid groups (broad SMARTS) is 1. The number of ketones is 1. The lowest BCUT2D eigenvalue weighted by Crippen LogP contribution is -2.26. The Hall–Kier alpha value is -1.12. The molecule has 0 aromatic heterocycles. The zero-order valence-electron chi connectivity index (χ0n) is 17.2. The first-order valence-electron chi connectivity index (χ1n) is 10.1. The molecule has 1 N–H and O–H groups in total. The van der Waals surface area contributed by atoms with Gasteiger partial charge in [0.05, 0.1) is 5.41 Å². The van der Waals surface area contributed by atoms with E-state index in [4.69, 9.17) is 0 Å². The first-order chi connectivity index (χ1) is 11.7. The predicted molar refractivity (Wildman–Crippen MR) is 106 cm³/mol. The van der Waals surface area contributed by atoms with Gasteiger partial charge in [0, 0.05) is 5.41 Å². The second-order valence-electron chi connectivity index (χ2n) is 8.01. The van der Waals surface area contributed by atoms with Crippen LogP contribution in [0.3, 0.4) is 0 Å². The lowest BCUT2D eigenvalue weighted by Gasteiger charge is -2.24. The molecule has 0 fully saturated rings. The SMILES string of the molecule is CCC(C)(CCCCC/C=C\CCCCC(C)(CC)C(=O)O)C(C)=O. The van der Waals surface area contributed by atoms with Crippen LogP contribution in [0, 0.1) is 10.8 Å². The molecule has 0 aromatic carbocycles. The summed E-state index contributed by atoms with van der Waals surface area (Å²) in [5, 5.41) is 9.24. The molecule has 2 atom stereocenters. The van der Waals surface area contributed by atoms with Gasteiger partial charge in [-0.1, -0.05) is 52.2 Å². The van der Waals surface area contributed by atoms with Gasteiger partial charge >= 0.3 is 5.97 Å². The standard InChI is InChI=1S/C22H40O3/c1-6-21(4,19(3)23)17-15-13-11-9-8-10-12-14-16-18-22(5,7-2)20(24)25/h8,10H,6-7,9,11-18H2,1-5H3,(H,24,25)/b10-8-. The Morgan fingerprint density at radius 3 is 1.68 bits per heavy atom. The van der Waals surface area contributed by atoms with E-state index in [1.54, 1.807) is 6.92 Å². The van der Waals surface area contributed by atoms with Crippen LogP contribution in [0.4, 0.5) is 0 Å². The highest BCUT2D eigenvalue weighted by molar-refractivity contribution is 5.81. The molecule has 0 rings (SSSR count). The predicted octanol–water partition coefficient (Wildman–Crippen LogP) is 6.56. The molecule has 0 saturated carbocycles. The molecule has 25 heavy (non-hydrogen) atoms. The minimum absolute atomic E-state index is 0.126. The quantitative estimate of drug-likeness (QED) is 0.268. The molecule has 0 radical (unpaired) electrons. The van der Waals surface area contributed by atoms with Gasteiger partial charge in [0.15, 0.2) is 0 Å². The van der Waals surface area contributed by atoms with E-state index in [0.29, 0.717) is 12.2 Å². The van der Waals surface area contributed by atoms with Crippen molar-refractivity contribution in [1.29, 1.82) is 0 Å². The fourth-order valence-electron chi connectivity index (χ4n) is 3.00. The summed E-state index contributed by atoms with van der Waals surface area (Å²) in [7, 11) is 0. The molecule has 0 amide bonds. The Bertz CT molecular complexity index is 427. The van der Waals surface area contributed by atoms with Gasteiger partial charge in [-0.25, -0.2) is 0 Å². The van der Waals surface area contributed by atoms with E-state index in [-0.39, 0.29) is 5.41 Å². The van der Waals surface area contributed by atoms with Gasteiger partial charge in [-0.3, -0.25) is 9.59 Å². The van der Waals surface area contributed by atoms with Gasteiger partial charge in [-0.05, 0) is 65.2 Å². The Morgan fingerprint density at radius 2 is 1.24 bits per heavy atom. The third-order valence-electron chi connectivity index (χ3n) is 6.04. The average molecular weight is 353 g/mol. The van der Waals surface area contributed by atoms with Crippen LogP contribution in [0.25, 0.3) is 0 Å². The van der Waals surface area contributed by atoms with E-state index >= 15 is 0 Å². The van der Waals surface area contributed by atoms with Crippen molar-refractivity contribution < 1.29 is 14.7 Å². The molecule has 0 bridgehead atoms. The Morgan fingerprint density at radius 1 is 0.800 bits per heavy atom. The van der Waals surface area contributed by atoms with Crippen LogP contribution in [0.15, 0.2) is 12.2 Å². The minimum Gasteiger partial charge on any atom is -0.481 e. The zero-order valence-corrected chi connectivity index (χ0v) is 17.2. The normalized spacial score (nSPS) is 16.5. The molecular formula is C22H40O3. The van der Waals surface area contributed by atoms with Gasteiger partial charge in [0.2, 0.25) is 0 Å². The largest absolute Gasteiger partial charge is 0.481 e. The van der Waals surface area contributed by atoms with Gasteiger partial charge in [0.25, 0.3) is 0 Å². The van der Waals surface area contributed by atoms with Crippen LogP contribution in [0.1, 0.15) is 105 Å². The van der Waals surface area contributed by atoms with E-state index in [1.165, 1.54) is 12.8 Å². The summed E-state index contributed by atoms with van der Waals surface area (Å²) in [5.41, 5.74) is -0.685. The van der Waals surface area contributed by atoms with Crippen molar-refractivity contribution in [1.82, 2.24) is 0 Å². The van der Waals surface area contributed by atoms with E-state index in [9.17, 15) is 14.7 Å². The fourth-order valence-corrected chi connectivity index (χ4v) is 3.00. The van der Waals surface area contributed by atoms with Crippen molar-refractivity contribution >= 4 is 11.8 Å². The molecule has 0 aromatic rings. The van der Waals surface area contributed by atoms with E-state index in [1.807, 2.05) is 13.8 Å². The molecule has 0 heterocycles. The Balaban J connectivity index is 3.72. The highest BCUT2D eigenvalue weighted by Crippen LogP contribution is 2.30. The van der Waals surface area contributed by atoms with Crippen molar-refractivity contribution in [2.75, 3.05) is 0 Å². The van der Waals surface area contributed by atoms with Crippen LogP contribution in [0.5, 0.6) is 0 Å². The summed E-state index contributed by atoms with van der Waals surface area (Å²) in [6.07, 6.45) is 15.5. The topological polar surface area (TPSA) is 54.4 Å². The molecule has 146 valence electrons. The fraction of sp³-hybridized carbons (Fsp3) is 0.818. The summed E-state index contributed by atoms with van der Waals surface area (Å²) >= 11 is 0. The maximum atomic E-state index is 11.7. The number of aliphatic carboxylic acids is 1. The van der Waals surface area contributed by atoms with Crippen molar-refractivity contribution in [3.63, 3.8) is 0 Å². The first kappa shape index (κ1) is 23.9. The van der Waals surface area contributed by atoms with Crippen molar-refractivity contribution in [2.45, 2.75) is 105 Å². The second-order valence-corrected chi connectivity index (χ2v) is 8.01. The number of carboxylic acids is 1. The van der Waals surface area contributed by atoms with Crippen LogP contribution in [-0.2, 0) is 9.59 Å². The van der Waals surface area contributed by atoms with Crippen molar-refractivity contribution in [3.05, 3.63) is 12.2 Å². The smallest absolute Gasteiger partial charge is 0.309 e. The van der Waals surface area contributed by atoms with E-state index in [2.05, 4.69) is 26.0 Å². The Labute approximate surface area is 155 Å². The number of carbonyl (C=O) groups excluding carboxylic acids is 1. The van der Waals surface area contributed by atoms with Crippen LogP contribution >= 0.6 is 0 Å². The third-order valence-corrected chi connectivity index (χ3v) is 6.04. The summed E-state index contributed by atoms with van der Waals surface area (Å²) in [5.74, 6) is -0.355. The number of unbranched alkanes of at least 4 members (excludes halogenated alkanes) is 5. The average Bonchev–Trinajstić information content (AvgIpc) is 2.58. The Kier molecular flexibility index (Phi) is 11.7. The number of hydrogen-bond donors (Lipinski definition) is 1. The highest BCUT2D eigenvalue weighted by Gasteiger charge is 2.30. The number of carbonyl (C=O) groups is 2. The molecule has 3 heteroatoms. The maximum absolute atomic E-state index is 11.7. The lowest BCUT2D eigenvalue weighted by molar-refractivity contribution is -0.148. The summed E-state index contributed by atoms with van der Waals surface area (Å²) < 4.78 is 0. The van der Waals surface area contributed by atoms with Crippen molar-refractivity contribution in [2.24, 2.45) is 10.8 Å². The summed E-state index contributed by atoms with van der Waals surface area (Å²) in [4.78, 5) is 22.9. The van der Waals surface area contributed by atoms with Crippen molar-refractivity contribution in [3.8, 4) is 0 Å². The number of rotatable bonds is 15. The molecule has 2 unspecified atom stereocenters. The third kappa shape index (κ3) is 9.23. The zero-order chi connectivity index (χ0) is 19.3. The molecule has 3 nitrogen and oxygen atoms in total. The molecular weight excluding hydrogens is 312 g/mol. The van der Waals surface area contributed by atoms with Gasteiger partial charge in [0.1, 0.15) is 5.78 Å². The van der Waals surface area contributed by atoms with Gasteiger partial charge in [-0.15, -0.1) is 0 Å². The monoisotopic (exact) mass is 352 g/mol. The minimum atomic E-state index is -0.672. The van der Waals surface area contributed by atoms with Crippen LogP contribution < -0.4 is 0 Å². The first-order valence-corrected chi connectivity index (χ1v) is 10.1. The van der Waals surface area contributed by atoms with E-state index < -0.39 is 11.4 Å². The van der Waals surface area contributed by atoms with Gasteiger partial charge < -0.3 is 5.11 Å². The molecule has 0 spiro atoms. The second kappa shape index (κ2) is 12.3. The highest BCUT2D eigenvalue weighted by atomic mass is 16.4. The number of Topliss-reactive ketones (excluding diaryl/α,β-unsaturated/α-hetero) is 1. The van der Waals surface area contributed by atoms with Crippen LogP contribution in [0.2, 0.25) is 0 Å².